The normalized spacial score (nSPS) is 32.4. The van der Waals surface area contributed by atoms with Gasteiger partial charge < -0.3 is 15.5 Å². The molecule has 1 rings (SSSR count). The van der Waals surface area contributed by atoms with Gasteiger partial charge in [-0.05, 0) is 0 Å². The number of carbonyl (C=O) groups is 1. The van der Waals surface area contributed by atoms with Crippen molar-refractivity contribution in [3.8, 4) is 0 Å². The molecular formula is C6H11NO3. The first kappa shape index (κ1) is 7.50. The predicted octanol–water partition coefficient (Wildman–Crippen LogP) is -1.67. The Morgan fingerprint density at radius 2 is 2.20 bits per heavy atom. The first-order chi connectivity index (χ1) is 4.79. The van der Waals surface area contributed by atoms with E-state index in [-0.39, 0.29) is 25.0 Å². The molecule has 0 aromatic heterocycles. The van der Waals surface area contributed by atoms with Crippen LogP contribution in [0.15, 0.2) is 0 Å². The predicted molar refractivity (Wildman–Crippen MR) is 34.2 cm³/mol. The molecule has 4 heteroatoms. The maximum atomic E-state index is 10.8. The summed E-state index contributed by atoms with van der Waals surface area (Å²) in [7, 11) is 0. The van der Waals surface area contributed by atoms with Gasteiger partial charge in [-0.1, -0.05) is 0 Å². The van der Waals surface area contributed by atoms with Gasteiger partial charge in [0.15, 0.2) is 0 Å². The van der Waals surface area contributed by atoms with Crippen molar-refractivity contribution >= 4 is 5.91 Å². The van der Waals surface area contributed by atoms with Gasteiger partial charge in [-0.3, -0.25) is 4.79 Å². The zero-order valence-corrected chi connectivity index (χ0v) is 5.58. The molecule has 4 nitrogen and oxygen atoms in total. The Labute approximate surface area is 58.9 Å². The summed E-state index contributed by atoms with van der Waals surface area (Å²) < 4.78 is 0. The molecule has 0 saturated carbocycles. The van der Waals surface area contributed by atoms with Gasteiger partial charge in [0.05, 0.1) is 12.5 Å². The van der Waals surface area contributed by atoms with E-state index in [1.165, 1.54) is 0 Å². The van der Waals surface area contributed by atoms with Crippen LogP contribution in [-0.4, -0.2) is 35.9 Å². The number of hydrogen-bond donors (Lipinski definition) is 3. The summed E-state index contributed by atoms with van der Waals surface area (Å²) in [6.45, 7) is 0.279. The fraction of sp³-hybridized carbons (Fsp3) is 0.833. The molecule has 0 bridgehead atoms. The van der Waals surface area contributed by atoms with E-state index in [1.54, 1.807) is 0 Å². The van der Waals surface area contributed by atoms with Gasteiger partial charge in [-0.15, -0.1) is 0 Å². The summed E-state index contributed by atoms with van der Waals surface area (Å²) in [4.78, 5) is 10.8. The molecule has 2 unspecified atom stereocenters. The van der Waals surface area contributed by atoms with E-state index in [9.17, 15) is 4.79 Å². The average molecular weight is 145 g/mol. The van der Waals surface area contributed by atoms with Gasteiger partial charge in [0.25, 0.3) is 0 Å². The number of hydrogen-bond acceptors (Lipinski definition) is 3. The van der Waals surface area contributed by atoms with Crippen molar-refractivity contribution in [1.29, 1.82) is 0 Å². The van der Waals surface area contributed by atoms with Crippen molar-refractivity contribution in [2.45, 2.75) is 0 Å². The van der Waals surface area contributed by atoms with Crippen LogP contribution >= 0.6 is 0 Å². The largest absolute Gasteiger partial charge is 0.396 e. The third-order valence-corrected chi connectivity index (χ3v) is 1.88. The fourth-order valence-corrected chi connectivity index (χ4v) is 1.14. The number of nitrogens with one attached hydrogen (secondary N) is 1. The van der Waals surface area contributed by atoms with E-state index in [1.807, 2.05) is 0 Å². The Kier molecular flexibility index (Phi) is 2.24. The number of amides is 1. The van der Waals surface area contributed by atoms with Crippen LogP contribution in [0.5, 0.6) is 0 Å². The van der Waals surface area contributed by atoms with Crippen LogP contribution in [0, 0.1) is 11.8 Å². The van der Waals surface area contributed by atoms with Gasteiger partial charge in [-0.25, -0.2) is 0 Å². The van der Waals surface area contributed by atoms with Gasteiger partial charge in [0.1, 0.15) is 0 Å². The summed E-state index contributed by atoms with van der Waals surface area (Å²) in [5.41, 5.74) is 0. The van der Waals surface area contributed by atoms with Crippen LogP contribution in [0.25, 0.3) is 0 Å². The molecule has 0 aromatic carbocycles. The van der Waals surface area contributed by atoms with E-state index in [0.29, 0.717) is 6.54 Å². The summed E-state index contributed by atoms with van der Waals surface area (Å²) in [5, 5.41) is 19.9. The van der Waals surface area contributed by atoms with Crippen molar-refractivity contribution in [3.05, 3.63) is 0 Å². The topological polar surface area (TPSA) is 69.6 Å². The van der Waals surface area contributed by atoms with Gasteiger partial charge in [0, 0.05) is 19.1 Å². The summed E-state index contributed by atoms with van der Waals surface area (Å²) in [5.74, 6) is -0.649. The molecule has 0 aromatic rings. The number of aliphatic hydroxyl groups excluding tert-OH is 2. The molecule has 1 heterocycles. The number of rotatable bonds is 2. The highest BCUT2D eigenvalue weighted by molar-refractivity contribution is 5.81. The molecule has 1 aliphatic heterocycles. The van der Waals surface area contributed by atoms with Crippen molar-refractivity contribution < 1.29 is 15.0 Å². The minimum absolute atomic E-state index is 0.0377. The molecule has 0 radical (unpaired) electrons. The maximum Gasteiger partial charge on any atom is 0.225 e. The van der Waals surface area contributed by atoms with Crippen LogP contribution in [0.4, 0.5) is 0 Å². The summed E-state index contributed by atoms with van der Waals surface area (Å²) in [6.07, 6.45) is 0. The molecule has 10 heavy (non-hydrogen) atoms. The maximum absolute atomic E-state index is 10.8. The lowest BCUT2D eigenvalue weighted by atomic mass is 9.98. The smallest absolute Gasteiger partial charge is 0.225 e. The van der Waals surface area contributed by atoms with Crippen LogP contribution in [0.2, 0.25) is 0 Å². The van der Waals surface area contributed by atoms with E-state index in [2.05, 4.69) is 5.32 Å². The van der Waals surface area contributed by atoms with Crippen LogP contribution < -0.4 is 5.32 Å². The van der Waals surface area contributed by atoms with E-state index >= 15 is 0 Å². The highest BCUT2D eigenvalue weighted by Crippen LogP contribution is 2.15. The zero-order chi connectivity index (χ0) is 7.56. The number of aliphatic hydroxyl groups is 2. The molecule has 1 fully saturated rings. The molecule has 58 valence electrons. The molecule has 1 aliphatic rings. The van der Waals surface area contributed by atoms with Gasteiger partial charge >= 0.3 is 0 Å². The van der Waals surface area contributed by atoms with Crippen molar-refractivity contribution in [2.24, 2.45) is 11.8 Å². The Morgan fingerprint density at radius 1 is 1.50 bits per heavy atom. The van der Waals surface area contributed by atoms with Crippen molar-refractivity contribution in [1.82, 2.24) is 5.32 Å². The van der Waals surface area contributed by atoms with E-state index in [4.69, 9.17) is 10.2 Å². The van der Waals surface area contributed by atoms with Gasteiger partial charge in [0.2, 0.25) is 5.91 Å². The molecule has 3 N–H and O–H groups in total. The molecule has 2 atom stereocenters. The second-order valence-corrected chi connectivity index (χ2v) is 2.48. The van der Waals surface area contributed by atoms with Crippen LogP contribution in [0.3, 0.4) is 0 Å². The minimum Gasteiger partial charge on any atom is -0.396 e. The lowest BCUT2D eigenvalue weighted by molar-refractivity contribution is -0.124. The third-order valence-electron chi connectivity index (χ3n) is 1.88. The second-order valence-electron chi connectivity index (χ2n) is 2.48. The molecule has 1 amide bonds. The van der Waals surface area contributed by atoms with E-state index in [0.717, 1.165) is 0 Å². The Balaban J connectivity index is 2.54. The minimum atomic E-state index is -0.398. The summed E-state index contributed by atoms with van der Waals surface area (Å²) >= 11 is 0. The Bertz CT molecular complexity index is 137. The zero-order valence-electron chi connectivity index (χ0n) is 5.58. The molecule has 0 spiro atoms. The third kappa shape index (κ3) is 1.12. The van der Waals surface area contributed by atoms with Gasteiger partial charge in [-0.2, -0.15) is 0 Å². The first-order valence-electron chi connectivity index (χ1n) is 3.29. The van der Waals surface area contributed by atoms with Crippen molar-refractivity contribution in [3.63, 3.8) is 0 Å². The van der Waals surface area contributed by atoms with Crippen LogP contribution in [0.1, 0.15) is 0 Å². The first-order valence-corrected chi connectivity index (χ1v) is 3.29. The second kappa shape index (κ2) is 2.98. The standard InChI is InChI=1S/C6H11NO3/c8-2-4-1-7-6(10)5(4)3-9/h4-5,8-9H,1-3H2,(H,7,10). The Hall–Kier alpha value is -0.610. The molecule has 0 aliphatic carbocycles. The highest BCUT2D eigenvalue weighted by Gasteiger charge is 2.33. The monoisotopic (exact) mass is 145 g/mol. The van der Waals surface area contributed by atoms with E-state index < -0.39 is 5.92 Å². The highest BCUT2D eigenvalue weighted by atomic mass is 16.3. The number of carbonyl (C=O) groups excluding carboxylic acids is 1. The summed E-state index contributed by atoms with van der Waals surface area (Å²) in [6, 6.07) is 0. The fourth-order valence-electron chi connectivity index (χ4n) is 1.14. The lowest BCUT2D eigenvalue weighted by Crippen LogP contribution is -2.23. The van der Waals surface area contributed by atoms with Crippen molar-refractivity contribution in [2.75, 3.05) is 19.8 Å². The molecule has 1 saturated heterocycles. The average Bonchev–Trinajstić information content (AvgIpc) is 2.30. The molecular weight excluding hydrogens is 134 g/mol. The Morgan fingerprint density at radius 3 is 2.60 bits per heavy atom. The quantitative estimate of drug-likeness (QED) is 0.435. The SMILES string of the molecule is O=C1NCC(CO)C1CO. The lowest BCUT2D eigenvalue weighted by Gasteiger charge is -2.09. The van der Waals surface area contributed by atoms with Crippen LogP contribution in [-0.2, 0) is 4.79 Å².